The minimum Gasteiger partial charge on any atom is -0.497 e. The topological polar surface area (TPSA) is 60.6 Å². The maximum absolute atomic E-state index is 12.0. The molecule has 0 unspecified atom stereocenters. The summed E-state index contributed by atoms with van der Waals surface area (Å²) >= 11 is 6.44. The summed E-state index contributed by atoms with van der Waals surface area (Å²) in [7, 11) is 3.15. The summed E-state index contributed by atoms with van der Waals surface area (Å²) in [6.45, 7) is 2.05. The molecule has 1 aromatic heterocycles. The molecule has 2 rings (SSSR count). The quantitative estimate of drug-likeness (QED) is 0.671. The van der Waals surface area contributed by atoms with Crippen LogP contribution >= 0.6 is 23.6 Å². The molecule has 21 heavy (non-hydrogen) atoms. The molecule has 1 N–H and O–H groups in total. The first-order valence-electron chi connectivity index (χ1n) is 6.23. The summed E-state index contributed by atoms with van der Waals surface area (Å²) in [6.07, 6.45) is 0. The average molecular weight is 325 g/mol. The number of ether oxygens (including phenoxy) is 3. The largest absolute Gasteiger partial charge is 0.497 e. The van der Waals surface area contributed by atoms with Crippen LogP contribution in [0.15, 0.2) is 18.2 Å². The molecule has 0 amide bonds. The Kier molecular flexibility index (Phi) is 4.98. The van der Waals surface area contributed by atoms with Gasteiger partial charge in [-0.15, -0.1) is 11.3 Å². The Labute approximate surface area is 131 Å². The molecule has 7 heteroatoms. The first kappa shape index (κ1) is 15.5. The lowest BCUT2D eigenvalue weighted by atomic mass is 10.1. The van der Waals surface area contributed by atoms with Crippen LogP contribution in [0.2, 0.25) is 0 Å². The van der Waals surface area contributed by atoms with Crippen molar-refractivity contribution in [1.29, 1.82) is 0 Å². The summed E-state index contributed by atoms with van der Waals surface area (Å²) in [6, 6.07) is 5.38. The van der Waals surface area contributed by atoms with Gasteiger partial charge in [0.2, 0.25) is 0 Å². The molecule has 0 atom stereocenters. The number of aromatic nitrogens is 1. The zero-order valence-corrected chi connectivity index (χ0v) is 13.5. The number of benzene rings is 1. The lowest BCUT2D eigenvalue weighted by Gasteiger charge is -2.10. The fourth-order valence-corrected chi connectivity index (χ4v) is 3.05. The van der Waals surface area contributed by atoms with E-state index in [4.69, 9.17) is 26.4 Å². The second-order valence-corrected chi connectivity index (χ2v) is 5.69. The monoisotopic (exact) mass is 325 g/mol. The number of H-pyrrole nitrogens is 1. The van der Waals surface area contributed by atoms with Crippen LogP contribution in [0.25, 0.3) is 10.4 Å². The van der Waals surface area contributed by atoms with E-state index in [9.17, 15) is 4.79 Å². The molecule has 112 valence electrons. The van der Waals surface area contributed by atoms with Gasteiger partial charge in [0.1, 0.15) is 17.2 Å². The van der Waals surface area contributed by atoms with Crippen molar-refractivity contribution in [2.45, 2.75) is 6.92 Å². The van der Waals surface area contributed by atoms with E-state index >= 15 is 0 Å². The van der Waals surface area contributed by atoms with Crippen LogP contribution in [0.3, 0.4) is 0 Å². The van der Waals surface area contributed by atoms with Gasteiger partial charge in [-0.3, -0.25) is 0 Å². The molecule has 0 aliphatic heterocycles. The lowest BCUT2D eigenvalue weighted by Crippen LogP contribution is -2.06. The second kappa shape index (κ2) is 6.73. The standard InChI is InChI=1S/C14H15NO4S2/c1-4-19-13(16)11-12(21-14(20)15-11)9-7-8(17-2)5-6-10(9)18-3/h5-7H,4H2,1-3H3,(H,15,20). The van der Waals surface area contributed by atoms with E-state index in [-0.39, 0.29) is 0 Å². The number of hydrogen-bond acceptors (Lipinski definition) is 6. The SMILES string of the molecule is CCOC(=O)c1[nH]c(=S)sc1-c1cc(OC)ccc1OC. The van der Waals surface area contributed by atoms with E-state index in [0.29, 0.717) is 32.6 Å². The Balaban J connectivity index is 2.61. The number of esters is 1. The van der Waals surface area contributed by atoms with Crippen molar-refractivity contribution in [2.24, 2.45) is 0 Å². The fraction of sp³-hybridized carbons (Fsp3) is 0.286. The molecular weight excluding hydrogens is 310 g/mol. The Bertz CT molecular complexity index is 705. The summed E-state index contributed by atoms with van der Waals surface area (Å²) < 4.78 is 16.1. The summed E-state index contributed by atoms with van der Waals surface area (Å²) in [5, 5.41) is 0. The van der Waals surface area contributed by atoms with Crippen molar-refractivity contribution in [2.75, 3.05) is 20.8 Å². The lowest BCUT2D eigenvalue weighted by molar-refractivity contribution is 0.0521. The molecule has 5 nitrogen and oxygen atoms in total. The minimum atomic E-state index is -0.440. The third kappa shape index (κ3) is 3.25. The molecule has 0 saturated carbocycles. The van der Waals surface area contributed by atoms with Gasteiger partial charge < -0.3 is 19.2 Å². The van der Waals surface area contributed by atoms with Gasteiger partial charge in [0.05, 0.1) is 25.7 Å². The number of thiazole rings is 1. The van der Waals surface area contributed by atoms with Crippen molar-refractivity contribution in [3.05, 3.63) is 27.8 Å². The van der Waals surface area contributed by atoms with Crippen LogP contribution in [-0.2, 0) is 4.74 Å². The van der Waals surface area contributed by atoms with E-state index in [1.165, 1.54) is 11.3 Å². The highest BCUT2D eigenvalue weighted by atomic mass is 32.1. The van der Waals surface area contributed by atoms with Crippen molar-refractivity contribution >= 4 is 29.5 Å². The van der Waals surface area contributed by atoms with E-state index in [0.717, 1.165) is 5.56 Å². The molecule has 1 aromatic carbocycles. The summed E-state index contributed by atoms with van der Waals surface area (Å²) in [4.78, 5) is 15.6. The number of nitrogens with one attached hydrogen (secondary N) is 1. The van der Waals surface area contributed by atoms with Gasteiger partial charge in [0.15, 0.2) is 3.95 Å². The van der Waals surface area contributed by atoms with E-state index in [1.807, 2.05) is 0 Å². The summed E-state index contributed by atoms with van der Waals surface area (Å²) in [5.41, 5.74) is 1.07. The number of aromatic amines is 1. The Morgan fingerprint density at radius 3 is 2.71 bits per heavy atom. The van der Waals surface area contributed by atoms with Crippen molar-refractivity contribution in [1.82, 2.24) is 4.98 Å². The van der Waals surface area contributed by atoms with Crippen molar-refractivity contribution in [3.8, 4) is 21.9 Å². The van der Waals surface area contributed by atoms with E-state index < -0.39 is 5.97 Å². The number of methoxy groups -OCH3 is 2. The molecule has 0 spiro atoms. The zero-order chi connectivity index (χ0) is 15.4. The van der Waals surface area contributed by atoms with Crippen molar-refractivity contribution < 1.29 is 19.0 Å². The Morgan fingerprint density at radius 2 is 2.10 bits per heavy atom. The smallest absolute Gasteiger partial charge is 0.356 e. The van der Waals surface area contributed by atoms with Crippen LogP contribution < -0.4 is 9.47 Å². The van der Waals surface area contributed by atoms with Crippen LogP contribution in [-0.4, -0.2) is 31.8 Å². The van der Waals surface area contributed by atoms with Crippen LogP contribution in [0.4, 0.5) is 0 Å². The third-order valence-electron chi connectivity index (χ3n) is 2.78. The average Bonchev–Trinajstić information content (AvgIpc) is 2.88. The van der Waals surface area contributed by atoms with Crippen LogP contribution in [0, 0.1) is 3.95 Å². The molecule has 0 aliphatic carbocycles. The fourth-order valence-electron chi connectivity index (χ4n) is 1.86. The second-order valence-electron chi connectivity index (χ2n) is 4.01. The van der Waals surface area contributed by atoms with Gasteiger partial charge >= 0.3 is 5.97 Å². The first-order chi connectivity index (χ1) is 10.1. The van der Waals surface area contributed by atoms with Gasteiger partial charge in [-0.25, -0.2) is 4.79 Å². The first-order valence-corrected chi connectivity index (χ1v) is 7.45. The van der Waals surface area contributed by atoms with E-state index in [2.05, 4.69) is 4.98 Å². The number of rotatable bonds is 5. The van der Waals surface area contributed by atoms with Gasteiger partial charge in [-0.2, -0.15) is 0 Å². The number of carbonyl (C=O) groups is 1. The normalized spacial score (nSPS) is 10.2. The number of carbonyl (C=O) groups excluding carboxylic acids is 1. The Hall–Kier alpha value is -1.86. The highest BCUT2D eigenvalue weighted by Crippen LogP contribution is 2.38. The maximum Gasteiger partial charge on any atom is 0.356 e. The molecule has 0 saturated heterocycles. The molecule has 0 fully saturated rings. The van der Waals surface area contributed by atoms with Crippen LogP contribution in [0.5, 0.6) is 11.5 Å². The highest BCUT2D eigenvalue weighted by Gasteiger charge is 2.20. The van der Waals surface area contributed by atoms with Gasteiger partial charge in [-0.1, -0.05) is 0 Å². The molecule has 1 heterocycles. The van der Waals surface area contributed by atoms with Gasteiger partial charge in [0, 0.05) is 5.56 Å². The van der Waals surface area contributed by atoms with Crippen LogP contribution in [0.1, 0.15) is 17.4 Å². The van der Waals surface area contributed by atoms with Gasteiger partial charge in [-0.05, 0) is 37.3 Å². The number of hydrogen-bond donors (Lipinski definition) is 1. The van der Waals surface area contributed by atoms with Gasteiger partial charge in [0.25, 0.3) is 0 Å². The molecule has 0 radical (unpaired) electrons. The predicted octanol–water partition coefficient (Wildman–Crippen LogP) is 3.67. The molecule has 2 aromatic rings. The highest BCUT2D eigenvalue weighted by molar-refractivity contribution is 7.73. The van der Waals surface area contributed by atoms with Crippen molar-refractivity contribution in [3.63, 3.8) is 0 Å². The maximum atomic E-state index is 12.0. The molecular formula is C14H15NO4S2. The molecule has 0 bridgehead atoms. The summed E-state index contributed by atoms with van der Waals surface area (Å²) in [5.74, 6) is 0.858. The third-order valence-corrected chi connectivity index (χ3v) is 4.05. The zero-order valence-electron chi connectivity index (χ0n) is 11.9. The minimum absolute atomic E-state index is 0.296. The van der Waals surface area contributed by atoms with E-state index in [1.54, 1.807) is 39.3 Å². The Morgan fingerprint density at radius 1 is 1.33 bits per heavy atom. The predicted molar refractivity (Wildman–Crippen MR) is 84.0 cm³/mol. The molecule has 0 aliphatic rings.